The summed E-state index contributed by atoms with van der Waals surface area (Å²) in [6, 6.07) is 9.47. The minimum atomic E-state index is -1.85. The van der Waals surface area contributed by atoms with Crippen molar-refractivity contribution in [2.24, 2.45) is 0 Å². The molecule has 0 aliphatic carbocycles. The smallest absolute Gasteiger partial charge is 0.172 e. The van der Waals surface area contributed by atoms with Crippen molar-refractivity contribution in [3.05, 3.63) is 36.5 Å². The Morgan fingerprint density at radius 2 is 2.13 bits per heavy atom. The predicted octanol–water partition coefficient (Wildman–Crippen LogP) is 1.83. The highest BCUT2D eigenvalue weighted by Gasteiger charge is 2.01. The van der Waals surface area contributed by atoms with Gasteiger partial charge < -0.3 is 9.87 Å². The van der Waals surface area contributed by atoms with Gasteiger partial charge >= 0.3 is 0 Å². The predicted molar refractivity (Wildman–Crippen MR) is 61.0 cm³/mol. The van der Waals surface area contributed by atoms with Gasteiger partial charge in [0, 0.05) is 11.6 Å². The molecule has 1 heterocycles. The van der Waals surface area contributed by atoms with Gasteiger partial charge in [-0.05, 0) is 12.1 Å². The zero-order valence-electron chi connectivity index (χ0n) is 7.88. The van der Waals surface area contributed by atoms with Crippen LogP contribution in [0.4, 0.5) is 5.69 Å². The zero-order valence-corrected chi connectivity index (χ0v) is 8.70. The maximum Gasteiger partial charge on any atom is 0.172 e. The molecule has 78 valence electrons. The molecule has 0 bridgehead atoms. The molecule has 1 aromatic heterocycles. The summed E-state index contributed by atoms with van der Waals surface area (Å²) in [6.07, 6.45) is 1.70. The molecule has 0 saturated heterocycles. The molecule has 1 atom stereocenters. The van der Waals surface area contributed by atoms with Crippen molar-refractivity contribution in [2.75, 3.05) is 11.2 Å². The van der Waals surface area contributed by atoms with Gasteiger partial charge in [-0.15, -0.1) is 0 Å². The Morgan fingerprint density at radius 1 is 1.33 bits per heavy atom. The van der Waals surface area contributed by atoms with Crippen molar-refractivity contribution in [2.45, 2.75) is 0 Å². The topological polar surface area (TPSA) is 62.2 Å². The summed E-state index contributed by atoms with van der Waals surface area (Å²) in [6.45, 7) is 0. The van der Waals surface area contributed by atoms with Gasteiger partial charge in [0.05, 0.1) is 11.2 Å². The highest BCUT2D eigenvalue weighted by molar-refractivity contribution is 7.79. The third kappa shape index (κ3) is 2.31. The van der Waals surface area contributed by atoms with Gasteiger partial charge in [0.25, 0.3) is 0 Å². The summed E-state index contributed by atoms with van der Waals surface area (Å²) in [5, 5.41) is 3.88. The van der Waals surface area contributed by atoms with Crippen molar-refractivity contribution in [1.29, 1.82) is 0 Å². The molecular weight excluding hydrogens is 212 g/mol. The fourth-order valence-corrected chi connectivity index (χ4v) is 1.67. The molecule has 0 fully saturated rings. The molecule has 0 aliphatic heterocycles. The van der Waals surface area contributed by atoms with Crippen LogP contribution in [0.3, 0.4) is 0 Å². The van der Waals surface area contributed by atoms with Gasteiger partial charge in [0.15, 0.2) is 11.1 Å². The van der Waals surface area contributed by atoms with Crippen LogP contribution in [0, 0.1) is 0 Å². The number of para-hydroxylation sites is 1. The molecule has 4 nitrogen and oxygen atoms in total. The number of hydrogen-bond acceptors (Lipinski definition) is 3. The number of pyridine rings is 1. The lowest BCUT2D eigenvalue weighted by Crippen LogP contribution is -2.07. The van der Waals surface area contributed by atoms with Gasteiger partial charge in [0.1, 0.15) is 5.88 Å². The van der Waals surface area contributed by atoms with Crippen LogP contribution in [0.1, 0.15) is 0 Å². The summed E-state index contributed by atoms with van der Waals surface area (Å²) in [4.78, 5) is 4.22. The summed E-state index contributed by atoms with van der Waals surface area (Å²) in [5.74, 6) is 0.00961. The minimum absolute atomic E-state index is 0.00961. The lowest BCUT2D eigenvalue weighted by Gasteiger charge is -2.06. The average molecular weight is 222 g/mol. The number of nitrogens with one attached hydrogen (secondary N) is 1. The first-order valence-electron chi connectivity index (χ1n) is 4.42. The first kappa shape index (κ1) is 10.1. The standard InChI is InChI=1S/C10H10N2O2S/c13-15(14)7-12-9-5-1-3-8-4-2-6-11-10(8)9/h1-6,12H,7H2,(H,13,14). The Labute approximate surface area is 89.6 Å². The average Bonchev–Trinajstić information content (AvgIpc) is 2.26. The van der Waals surface area contributed by atoms with Gasteiger partial charge in [-0.25, -0.2) is 4.21 Å². The Bertz CT molecular complexity index is 496. The molecule has 1 unspecified atom stereocenters. The van der Waals surface area contributed by atoms with E-state index in [1.54, 1.807) is 6.20 Å². The molecule has 0 saturated carbocycles. The number of hydrogen-bond donors (Lipinski definition) is 2. The van der Waals surface area contributed by atoms with Crippen LogP contribution in [0.15, 0.2) is 36.5 Å². The van der Waals surface area contributed by atoms with Crippen molar-refractivity contribution in [3.63, 3.8) is 0 Å². The maximum atomic E-state index is 10.5. The van der Waals surface area contributed by atoms with Gasteiger partial charge in [-0.1, -0.05) is 18.2 Å². The van der Waals surface area contributed by atoms with E-state index in [0.717, 1.165) is 16.6 Å². The number of rotatable bonds is 3. The number of benzene rings is 1. The Morgan fingerprint density at radius 3 is 2.93 bits per heavy atom. The second-order valence-corrected chi connectivity index (χ2v) is 3.95. The third-order valence-electron chi connectivity index (χ3n) is 2.02. The second-order valence-electron chi connectivity index (χ2n) is 3.02. The molecule has 15 heavy (non-hydrogen) atoms. The van der Waals surface area contributed by atoms with E-state index in [1.807, 2.05) is 30.3 Å². The Kier molecular flexibility index (Phi) is 2.94. The normalized spacial score (nSPS) is 12.6. The molecule has 2 rings (SSSR count). The molecule has 0 aliphatic rings. The summed E-state index contributed by atoms with van der Waals surface area (Å²) < 4.78 is 19.2. The van der Waals surface area contributed by atoms with Crippen LogP contribution < -0.4 is 5.32 Å². The lowest BCUT2D eigenvalue weighted by molar-refractivity contribution is 0.566. The monoisotopic (exact) mass is 222 g/mol. The van der Waals surface area contributed by atoms with Crippen LogP contribution in [-0.2, 0) is 11.1 Å². The molecular formula is C10H10N2O2S. The second kappa shape index (κ2) is 4.37. The Balaban J connectivity index is 2.38. The molecule has 2 aromatic rings. The molecule has 5 heteroatoms. The lowest BCUT2D eigenvalue weighted by atomic mass is 10.2. The number of fused-ring (bicyclic) bond motifs is 1. The number of aromatic nitrogens is 1. The van der Waals surface area contributed by atoms with E-state index in [9.17, 15) is 4.21 Å². The largest absolute Gasteiger partial charge is 0.370 e. The molecule has 2 N–H and O–H groups in total. The van der Waals surface area contributed by atoms with E-state index in [0.29, 0.717) is 0 Å². The van der Waals surface area contributed by atoms with Crippen LogP contribution in [0.25, 0.3) is 10.9 Å². The first-order chi connectivity index (χ1) is 7.27. The van der Waals surface area contributed by atoms with Crippen LogP contribution in [0.5, 0.6) is 0 Å². The molecule has 0 amide bonds. The van der Waals surface area contributed by atoms with E-state index in [4.69, 9.17) is 4.55 Å². The van der Waals surface area contributed by atoms with E-state index in [1.165, 1.54) is 0 Å². The first-order valence-corrected chi connectivity index (χ1v) is 5.70. The van der Waals surface area contributed by atoms with Crippen LogP contribution in [-0.4, -0.2) is 19.6 Å². The SMILES string of the molecule is O=S(O)CNc1cccc2cccnc12. The van der Waals surface area contributed by atoms with E-state index in [2.05, 4.69) is 10.3 Å². The highest BCUT2D eigenvalue weighted by Crippen LogP contribution is 2.20. The van der Waals surface area contributed by atoms with Crippen molar-refractivity contribution in [3.8, 4) is 0 Å². The van der Waals surface area contributed by atoms with E-state index < -0.39 is 11.1 Å². The summed E-state index contributed by atoms with van der Waals surface area (Å²) >= 11 is -1.85. The number of nitrogens with zero attached hydrogens (tertiary/aromatic N) is 1. The van der Waals surface area contributed by atoms with Crippen LogP contribution >= 0.6 is 0 Å². The molecule has 0 radical (unpaired) electrons. The minimum Gasteiger partial charge on any atom is -0.370 e. The van der Waals surface area contributed by atoms with E-state index in [-0.39, 0.29) is 5.88 Å². The molecule has 0 spiro atoms. The maximum absolute atomic E-state index is 10.5. The fourth-order valence-electron chi connectivity index (χ4n) is 1.39. The fraction of sp³-hybridized carbons (Fsp3) is 0.100. The number of anilines is 1. The molecule has 1 aromatic carbocycles. The quantitative estimate of drug-likeness (QED) is 0.778. The van der Waals surface area contributed by atoms with Crippen molar-refractivity contribution in [1.82, 2.24) is 4.98 Å². The zero-order chi connectivity index (χ0) is 10.7. The summed E-state index contributed by atoms with van der Waals surface area (Å²) in [5.41, 5.74) is 1.58. The van der Waals surface area contributed by atoms with Gasteiger partial charge in [-0.3, -0.25) is 4.98 Å². The van der Waals surface area contributed by atoms with Gasteiger partial charge in [-0.2, -0.15) is 0 Å². The highest BCUT2D eigenvalue weighted by atomic mass is 32.2. The van der Waals surface area contributed by atoms with Gasteiger partial charge in [0.2, 0.25) is 0 Å². The van der Waals surface area contributed by atoms with Crippen molar-refractivity contribution < 1.29 is 8.76 Å². The van der Waals surface area contributed by atoms with E-state index >= 15 is 0 Å². The summed E-state index contributed by atoms with van der Waals surface area (Å²) in [7, 11) is 0. The third-order valence-corrected chi connectivity index (χ3v) is 2.41. The van der Waals surface area contributed by atoms with Crippen LogP contribution in [0.2, 0.25) is 0 Å². The van der Waals surface area contributed by atoms with Crippen molar-refractivity contribution >= 4 is 27.7 Å². The Hall–Kier alpha value is -1.46.